The zero-order valence-corrected chi connectivity index (χ0v) is 15.7. The van der Waals surface area contributed by atoms with Crippen LogP contribution < -0.4 is 4.72 Å². The van der Waals surface area contributed by atoms with E-state index in [4.69, 9.17) is 0 Å². The van der Waals surface area contributed by atoms with Crippen LogP contribution in [-0.2, 0) is 21.0 Å². The molecule has 2 saturated carbocycles. The summed E-state index contributed by atoms with van der Waals surface area (Å²) in [4.78, 5) is 13.9. The van der Waals surface area contributed by atoms with Gasteiger partial charge in [-0.3, -0.25) is 4.79 Å². The molecule has 0 saturated heterocycles. The second-order valence-electron chi connectivity index (χ2n) is 7.17. The first-order chi connectivity index (χ1) is 12.7. The van der Waals surface area contributed by atoms with Crippen LogP contribution in [0.25, 0.3) is 0 Å². The van der Waals surface area contributed by atoms with Gasteiger partial charge in [0.15, 0.2) is 0 Å². The molecular weight excluding hydrogens is 381 g/mol. The standard InChI is InChI=1S/C18H23F3N2O3S/c19-18(20,21)13-5-4-8-16(11-13)27(25,26)22-12-17(24)23(15-9-10-15)14-6-2-1-3-7-14/h4-5,8,11,14-15,22H,1-3,6-7,9-10,12H2. The van der Waals surface area contributed by atoms with Crippen molar-refractivity contribution in [3.8, 4) is 0 Å². The maximum absolute atomic E-state index is 12.8. The Balaban J connectivity index is 1.68. The summed E-state index contributed by atoms with van der Waals surface area (Å²) in [6.45, 7) is -0.439. The third kappa shape index (κ3) is 5.01. The Bertz CT molecular complexity index is 785. The Labute approximate surface area is 157 Å². The molecule has 1 amide bonds. The first-order valence-corrected chi connectivity index (χ1v) is 10.6. The summed E-state index contributed by atoms with van der Waals surface area (Å²) >= 11 is 0. The van der Waals surface area contributed by atoms with E-state index in [9.17, 15) is 26.4 Å². The molecule has 0 bridgehead atoms. The fourth-order valence-corrected chi connectivity index (χ4v) is 4.61. The molecule has 9 heteroatoms. The normalized spacial score (nSPS) is 19.1. The summed E-state index contributed by atoms with van der Waals surface area (Å²) in [6.07, 6.45) is 2.29. The van der Waals surface area contributed by atoms with Crippen LogP contribution in [0.5, 0.6) is 0 Å². The number of amides is 1. The van der Waals surface area contributed by atoms with Crippen molar-refractivity contribution >= 4 is 15.9 Å². The number of carbonyl (C=O) groups excluding carboxylic acids is 1. The van der Waals surface area contributed by atoms with Gasteiger partial charge in [0.05, 0.1) is 17.0 Å². The highest BCUT2D eigenvalue weighted by atomic mass is 32.2. The van der Waals surface area contributed by atoms with E-state index in [-0.39, 0.29) is 18.0 Å². The summed E-state index contributed by atoms with van der Waals surface area (Å²) in [5.41, 5.74) is -1.04. The molecule has 0 radical (unpaired) electrons. The minimum Gasteiger partial charge on any atom is -0.336 e. The SMILES string of the molecule is O=C(CNS(=O)(=O)c1cccc(C(F)(F)F)c1)N(C1CCCCC1)C1CC1. The van der Waals surface area contributed by atoms with Crippen LogP contribution in [0.15, 0.2) is 29.2 Å². The van der Waals surface area contributed by atoms with Gasteiger partial charge in [0.25, 0.3) is 0 Å². The number of hydrogen-bond donors (Lipinski definition) is 1. The summed E-state index contributed by atoms with van der Waals surface area (Å²) in [7, 11) is -4.21. The fourth-order valence-electron chi connectivity index (χ4n) is 3.59. The molecule has 3 rings (SSSR count). The van der Waals surface area contributed by atoms with Gasteiger partial charge in [-0.25, -0.2) is 13.1 Å². The van der Waals surface area contributed by atoms with Gasteiger partial charge in [-0.05, 0) is 43.9 Å². The van der Waals surface area contributed by atoms with Crippen LogP contribution in [-0.4, -0.2) is 37.9 Å². The first kappa shape index (κ1) is 20.1. The number of nitrogens with one attached hydrogen (secondary N) is 1. The molecule has 0 unspecified atom stereocenters. The highest BCUT2D eigenvalue weighted by Crippen LogP contribution is 2.34. The second-order valence-corrected chi connectivity index (χ2v) is 8.94. The number of sulfonamides is 1. The third-order valence-corrected chi connectivity index (χ3v) is 6.48. The smallest absolute Gasteiger partial charge is 0.336 e. The molecule has 5 nitrogen and oxygen atoms in total. The number of alkyl halides is 3. The topological polar surface area (TPSA) is 66.5 Å². The van der Waals surface area contributed by atoms with Crippen LogP contribution >= 0.6 is 0 Å². The maximum atomic E-state index is 12.8. The van der Waals surface area contributed by atoms with E-state index in [1.165, 1.54) is 0 Å². The summed E-state index contributed by atoms with van der Waals surface area (Å²) in [5, 5.41) is 0. The molecule has 0 aliphatic heterocycles. The average Bonchev–Trinajstić information content (AvgIpc) is 3.45. The minimum absolute atomic E-state index is 0.136. The van der Waals surface area contributed by atoms with Gasteiger partial charge < -0.3 is 4.90 Å². The second kappa shape index (κ2) is 7.79. The van der Waals surface area contributed by atoms with Gasteiger partial charge >= 0.3 is 6.18 Å². The van der Waals surface area contributed by atoms with Gasteiger partial charge in [-0.1, -0.05) is 25.3 Å². The quantitative estimate of drug-likeness (QED) is 0.791. The monoisotopic (exact) mass is 404 g/mol. The zero-order valence-electron chi connectivity index (χ0n) is 14.8. The molecule has 1 aromatic rings. The van der Waals surface area contributed by atoms with Crippen molar-refractivity contribution < 1.29 is 26.4 Å². The van der Waals surface area contributed by atoms with E-state index in [1.807, 2.05) is 0 Å². The van der Waals surface area contributed by atoms with Crippen molar-refractivity contribution in [2.24, 2.45) is 0 Å². The van der Waals surface area contributed by atoms with Crippen molar-refractivity contribution in [2.45, 2.75) is 68.1 Å². The Morgan fingerprint density at radius 1 is 1.07 bits per heavy atom. The lowest BCUT2D eigenvalue weighted by molar-refractivity contribution is -0.137. The van der Waals surface area contributed by atoms with E-state index in [2.05, 4.69) is 4.72 Å². The van der Waals surface area contributed by atoms with Gasteiger partial charge in [0.2, 0.25) is 15.9 Å². The van der Waals surface area contributed by atoms with Crippen LogP contribution in [0.4, 0.5) is 13.2 Å². The highest BCUT2D eigenvalue weighted by Gasteiger charge is 2.38. The summed E-state index contributed by atoms with van der Waals surface area (Å²) in [6, 6.07) is 3.81. The summed E-state index contributed by atoms with van der Waals surface area (Å²) in [5.74, 6) is -0.306. The Morgan fingerprint density at radius 2 is 1.70 bits per heavy atom. The molecule has 2 fully saturated rings. The lowest BCUT2D eigenvalue weighted by Crippen LogP contribution is -2.47. The van der Waals surface area contributed by atoms with Crippen molar-refractivity contribution in [3.05, 3.63) is 29.8 Å². The zero-order chi connectivity index (χ0) is 19.7. The highest BCUT2D eigenvalue weighted by molar-refractivity contribution is 7.89. The Morgan fingerprint density at radius 3 is 2.30 bits per heavy atom. The van der Waals surface area contributed by atoms with Crippen LogP contribution in [0, 0.1) is 0 Å². The molecule has 1 aromatic carbocycles. The lowest BCUT2D eigenvalue weighted by atomic mass is 9.94. The predicted molar refractivity (Wildman–Crippen MR) is 93.4 cm³/mol. The van der Waals surface area contributed by atoms with Gasteiger partial charge in [-0.2, -0.15) is 13.2 Å². The molecule has 2 aliphatic carbocycles. The van der Waals surface area contributed by atoms with E-state index in [1.54, 1.807) is 4.90 Å². The number of hydrogen-bond acceptors (Lipinski definition) is 3. The molecule has 0 aromatic heterocycles. The molecule has 27 heavy (non-hydrogen) atoms. The molecule has 2 aliphatic rings. The molecule has 1 N–H and O–H groups in total. The van der Waals surface area contributed by atoms with Gasteiger partial charge in [-0.15, -0.1) is 0 Å². The van der Waals surface area contributed by atoms with Crippen LogP contribution in [0.1, 0.15) is 50.5 Å². The van der Waals surface area contributed by atoms with Crippen LogP contribution in [0.3, 0.4) is 0 Å². The molecule has 0 atom stereocenters. The number of nitrogens with zero attached hydrogens (tertiary/aromatic N) is 1. The number of rotatable bonds is 6. The minimum atomic E-state index is -4.63. The van der Waals surface area contributed by atoms with E-state index in [0.29, 0.717) is 6.07 Å². The third-order valence-electron chi connectivity index (χ3n) is 5.08. The largest absolute Gasteiger partial charge is 0.416 e. The first-order valence-electron chi connectivity index (χ1n) is 9.16. The molecule has 150 valence electrons. The molecule has 0 spiro atoms. The van der Waals surface area contributed by atoms with Crippen molar-refractivity contribution in [3.63, 3.8) is 0 Å². The van der Waals surface area contributed by atoms with Crippen LogP contribution in [0.2, 0.25) is 0 Å². The molecular formula is C18H23F3N2O3S. The average molecular weight is 404 g/mol. The Hall–Kier alpha value is -1.61. The van der Waals surface area contributed by atoms with Crippen molar-refractivity contribution in [1.82, 2.24) is 9.62 Å². The van der Waals surface area contributed by atoms with E-state index in [0.717, 1.165) is 63.1 Å². The Kier molecular flexibility index (Phi) is 5.81. The van der Waals surface area contributed by atoms with E-state index < -0.39 is 33.2 Å². The molecule has 0 heterocycles. The number of benzene rings is 1. The fraction of sp³-hybridized carbons (Fsp3) is 0.611. The lowest BCUT2D eigenvalue weighted by Gasteiger charge is -2.34. The van der Waals surface area contributed by atoms with Crippen molar-refractivity contribution in [1.29, 1.82) is 0 Å². The number of carbonyl (C=O) groups is 1. The van der Waals surface area contributed by atoms with Crippen molar-refractivity contribution in [2.75, 3.05) is 6.54 Å². The predicted octanol–water partition coefficient (Wildman–Crippen LogP) is 3.31. The number of halogens is 3. The van der Waals surface area contributed by atoms with E-state index >= 15 is 0 Å². The summed E-state index contributed by atoms with van der Waals surface area (Å²) < 4.78 is 65.3. The van der Waals surface area contributed by atoms with Gasteiger partial charge in [0, 0.05) is 12.1 Å². The maximum Gasteiger partial charge on any atom is 0.416 e. The van der Waals surface area contributed by atoms with Gasteiger partial charge in [0.1, 0.15) is 0 Å².